The first-order valence-electron chi connectivity index (χ1n) is 6.61. The van der Waals surface area contributed by atoms with Crippen molar-refractivity contribution in [3.63, 3.8) is 0 Å². The number of fused-ring (bicyclic) bond motifs is 1. The Bertz CT molecular complexity index is 601. The molecule has 0 spiro atoms. The third-order valence-electron chi connectivity index (χ3n) is 2.97. The SMILES string of the molecule is CC(C)(C)OC(=O)N1C(=O)OC(C)(C)c2cc(O)ccc21. The summed E-state index contributed by atoms with van der Waals surface area (Å²) in [6.07, 6.45) is -1.61. The van der Waals surface area contributed by atoms with Crippen LogP contribution in [0.1, 0.15) is 40.2 Å². The molecule has 1 aliphatic heterocycles. The van der Waals surface area contributed by atoms with Crippen molar-refractivity contribution in [1.82, 2.24) is 0 Å². The van der Waals surface area contributed by atoms with Crippen molar-refractivity contribution in [3.8, 4) is 5.75 Å². The second kappa shape index (κ2) is 4.65. The first kappa shape index (κ1) is 15.2. The number of rotatable bonds is 0. The van der Waals surface area contributed by atoms with Gasteiger partial charge in [0.05, 0.1) is 5.69 Å². The molecule has 0 saturated heterocycles. The number of aromatic hydroxyl groups is 1. The van der Waals surface area contributed by atoms with E-state index in [1.54, 1.807) is 34.6 Å². The molecule has 0 bridgehead atoms. The first-order chi connectivity index (χ1) is 9.51. The van der Waals surface area contributed by atoms with E-state index in [0.717, 1.165) is 4.90 Å². The zero-order valence-corrected chi connectivity index (χ0v) is 12.8. The number of hydrogen-bond donors (Lipinski definition) is 1. The Kier molecular flexibility index (Phi) is 3.35. The number of phenolic OH excluding ortho intramolecular Hbond substituents is 1. The van der Waals surface area contributed by atoms with Crippen LogP contribution in [0.2, 0.25) is 0 Å². The van der Waals surface area contributed by atoms with E-state index in [1.807, 2.05) is 0 Å². The van der Waals surface area contributed by atoms with Crippen molar-refractivity contribution >= 4 is 17.9 Å². The quantitative estimate of drug-likeness (QED) is 0.792. The molecule has 2 rings (SSSR count). The van der Waals surface area contributed by atoms with Crippen LogP contribution in [0.5, 0.6) is 5.75 Å². The fourth-order valence-corrected chi connectivity index (χ4v) is 2.10. The van der Waals surface area contributed by atoms with Crippen molar-refractivity contribution in [2.45, 2.75) is 45.8 Å². The minimum absolute atomic E-state index is 0.0314. The number of amides is 2. The van der Waals surface area contributed by atoms with Gasteiger partial charge in [-0.05, 0) is 52.8 Å². The van der Waals surface area contributed by atoms with Crippen LogP contribution >= 0.6 is 0 Å². The van der Waals surface area contributed by atoms with Gasteiger partial charge >= 0.3 is 12.2 Å². The third kappa shape index (κ3) is 2.94. The lowest BCUT2D eigenvalue weighted by Gasteiger charge is -2.37. The number of carbonyl (C=O) groups is 2. The van der Waals surface area contributed by atoms with Crippen LogP contribution in [0.15, 0.2) is 18.2 Å². The summed E-state index contributed by atoms with van der Waals surface area (Å²) in [5.41, 5.74) is -0.790. The highest BCUT2D eigenvalue weighted by molar-refractivity contribution is 6.11. The molecule has 0 aromatic heterocycles. The van der Waals surface area contributed by atoms with Gasteiger partial charge in [-0.2, -0.15) is 4.90 Å². The highest BCUT2D eigenvalue weighted by atomic mass is 16.6. The van der Waals surface area contributed by atoms with Crippen molar-refractivity contribution in [3.05, 3.63) is 23.8 Å². The maximum Gasteiger partial charge on any atom is 0.424 e. The number of cyclic esters (lactones) is 1. The van der Waals surface area contributed by atoms with Gasteiger partial charge in [0.25, 0.3) is 0 Å². The number of anilines is 1. The molecule has 1 N–H and O–H groups in total. The number of imide groups is 1. The van der Waals surface area contributed by atoms with E-state index in [9.17, 15) is 14.7 Å². The van der Waals surface area contributed by atoms with Gasteiger partial charge in [0.2, 0.25) is 0 Å². The molecule has 0 aliphatic carbocycles. The Morgan fingerprint density at radius 2 is 1.95 bits per heavy atom. The zero-order valence-electron chi connectivity index (χ0n) is 12.8. The van der Waals surface area contributed by atoms with Crippen molar-refractivity contribution in [1.29, 1.82) is 0 Å². The molecule has 6 heteroatoms. The molecule has 6 nitrogen and oxygen atoms in total. The van der Waals surface area contributed by atoms with Crippen LogP contribution in [0.3, 0.4) is 0 Å². The van der Waals surface area contributed by atoms with Gasteiger partial charge < -0.3 is 14.6 Å². The second-order valence-corrected chi connectivity index (χ2v) is 6.40. The Morgan fingerprint density at radius 3 is 2.52 bits per heavy atom. The zero-order chi connectivity index (χ0) is 16.0. The van der Waals surface area contributed by atoms with E-state index >= 15 is 0 Å². The molecule has 114 valence electrons. The number of benzene rings is 1. The van der Waals surface area contributed by atoms with E-state index < -0.39 is 23.4 Å². The van der Waals surface area contributed by atoms with Crippen LogP contribution in [0.25, 0.3) is 0 Å². The molecular weight excluding hydrogens is 274 g/mol. The Labute approximate surface area is 123 Å². The summed E-state index contributed by atoms with van der Waals surface area (Å²) in [5, 5.41) is 9.62. The van der Waals surface area contributed by atoms with Gasteiger partial charge in [-0.25, -0.2) is 9.59 Å². The van der Waals surface area contributed by atoms with Crippen molar-refractivity contribution in [2.24, 2.45) is 0 Å². The minimum Gasteiger partial charge on any atom is -0.508 e. The molecule has 1 aromatic rings. The van der Waals surface area contributed by atoms with Gasteiger partial charge in [-0.3, -0.25) is 0 Å². The van der Waals surface area contributed by atoms with Crippen molar-refractivity contribution in [2.75, 3.05) is 4.90 Å². The van der Waals surface area contributed by atoms with Crippen LogP contribution in [-0.2, 0) is 15.1 Å². The molecular formula is C15H19NO5. The maximum atomic E-state index is 12.2. The fourth-order valence-electron chi connectivity index (χ4n) is 2.10. The van der Waals surface area contributed by atoms with Crippen LogP contribution in [-0.4, -0.2) is 22.9 Å². The Balaban J connectivity index is 2.49. The van der Waals surface area contributed by atoms with Crippen LogP contribution in [0, 0.1) is 0 Å². The van der Waals surface area contributed by atoms with Crippen LogP contribution in [0.4, 0.5) is 15.3 Å². The van der Waals surface area contributed by atoms with Gasteiger partial charge in [0.1, 0.15) is 17.0 Å². The molecule has 21 heavy (non-hydrogen) atoms. The smallest absolute Gasteiger partial charge is 0.424 e. The third-order valence-corrected chi connectivity index (χ3v) is 2.97. The summed E-state index contributed by atoms with van der Waals surface area (Å²) in [4.78, 5) is 25.2. The van der Waals surface area contributed by atoms with E-state index in [2.05, 4.69) is 0 Å². The van der Waals surface area contributed by atoms with E-state index in [-0.39, 0.29) is 5.75 Å². The highest BCUT2D eigenvalue weighted by Crippen LogP contribution is 2.40. The Morgan fingerprint density at radius 1 is 1.33 bits per heavy atom. The summed E-state index contributed by atoms with van der Waals surface area (Å²) < 4.78 is 10.5. The molecule has 0 fully saturated rings. The molecule has 2 amide bonds. The molecule has 0 atom stereocenters. The average Bonchev–Trinajstić information content (AvgIpc) is 2.26. The Hall–Kier alpha value is -2.24. The molecule has 1 heterocycles. The summed E-state index contributed by atoms with van der Waals surface area (Å²) in [5.74, 6) is 0.0314. The summed E-state index contributed by atoms with van der Waals surface area (Å²) in [7, 11) is 0. The molecule has 0 saturated carbocycles. The van der Waals surface area contributed by atoms with Crippen LogP contribution < -0.4 is 4.90 Å². The average molecular weight is 293 g/mol. The number of phenols is 1. The predicted octanol–water partition coefficient (Wildman–Crippen LogP) is 3.52. The maximum absolute atomic E-state index is 12.2. The second-order valence-electron chi connectivity index (χ2n) is 6.40. The topological polar surface area (TPSA) is 76.1 Å². The van der Waals surface area contributed by atoms with Gasteiger partial charge in [-0.1, -0.05) is 0 Å². The van der Waals surface area contributed by atoms with Gasteiger partial charge in [-0.15, -0.1) is 0 Å². The monoisotopic (exact) mass is 293 g/mol. The lowest BCUT2D eigenvalue weighted by molar-refractivity contribution is 0.0263. The minimum atomic E-state index is -0.941. The van der Waals surface area contributed by atoms with Crippen molar-refractivity contribution < 1.29 is 24.2 Å². The molecule has 0 radical (unpaired) electrons. The van der Waals surface area contributed by atoms with Gasteiger partial charge in [0, 0.05) is 5.56 Å². The first-order valence-corrected chi connectivity index (χ1v) is 6.61. The van der Waals surface area contributed by atoms with Gasteiger partial charge in [0.15, 0.2) is 0 Å². The normalized spacial score (nSPS) is 17.0. The fraction of sp³-hybridized carbons (Fsp3) is 0.467. The standard InChI is InChI=1S/C15H19NO5/c1-14(2,3)20-12(18)16-11-7-6-9(17)8-10(11)15(4,5)21-13(16)19/h6-8,17H,1-5H3. The van der Waals surface area contributed by atoms with E-state index in [0.29, 0.717) is 11.3 Å². The number of hydrogen-bond acceptors (Lipinski definition) is 5. The lowest BCUT2D eigenvalue weighted by atomic mass is 9.94. The number of ether oxygens (including phenoxy) is 2. The summed E-state index contributed by atoms with van der Waals surface area (Å²) >= 11 is 0. The van der Waals surface area contributed by atoms with E-state index in [4.69, 9.17) is 9.47 Å². The molecule has 1 aliphatic rings. The molecule has 1 aromatic carbocycles. The largest absolute Gasteiger partial charge is 0.508 e. The summed E-state index contributed by atoms with van der Waals surface area (Å²) in [6.45, 7) is 8.51. The predicted molar refractivity (Wildman–Crippen MR) is 76.3 cm³/mol. The highest BCUT2D eigenvalue weighted by Gasteiger charge is 2.42. The van der Waals surface area contributed by atoms with E-state index in [1.165, 1.54) is 18.2 Å². The molecule has 0 unspecified atom stereocenters. The summed E-state index contributed by atoms with van der Waals surface area (Å²) in [6, 6.07) is 4.38. The number of carbonyl (C=O) groups excluding carboxylic acids is 2. The number of nitrogens with zero attached hydrogens (tertiary/aromatic N) is 1. The lowest BCUT2D eigenvalue weighted by Crippen LogP contribution is -2.48.